The number of alkyl halides is 6. The molecule has 0 atom stereocenters. The smallest absolute Gasteiger partial charge is 0.404 e. The van der Waals surface area contributed by atoms with Crippen LogP contribution in [0.25, 0.3) is 0 Å². The van der Waals surface area contributed by atoms with Crippen molar-refractivity contribution >= 4 is 6.04 Å². The third-order valence-electron chi connectivity index (χ3n) is 1.75. The van der Waals surface area contributed by atoms with Crippen LogP contribution in [0.15, 0.2) is 18.2 Å². The van der Waals surface area contributed by atoms with E-state index in [4.69, 9.17) is 0 Å². The Labute approximate surface area is 95.0 Å². The number of carbonyl (C=O) groups excluding carboxylic acids is 1. The average molecular weight is 276 g/mol. The second kappa shape index (κ2) is 4.46. The lowest BCUT2D eigenvalue weighted by Gasteiger charge is -2.16. The normalized spacial score (nSPS) is 12.4. The zero-order chi connectivity index (χ0) is 14.1. The van der Waals surface area contributed by atoms with Crippen LogP contribution in [-0.4, -0.2) is 12.4 Å². The molecule has 0 saturated carbocycles. The van der Waals surface area contributed by atoms with Crippen LogP contribution in [-0.2, 0) is 6.18 Å². The summed E-state index contributed by atoms with van der Waals surface area (Å²) in [5.41, 5.74) is -3.33. The molecule has 0 aliphatic heterocycles. The molecule has 0 spiro atoms. The Bertz CT molecular complexity index is 461. The summed E-state index contributed by atoms with van der Waals surface area (Å²) in [6, 6.07) is -1.16. The minimum Gasteiger partial charge on any atom is -0.404 e. The Kier molecular flexibility index (Phi) is 3.54. The minimum absolute atomic E-state index is 0.244. The first-order valence-electron chi connectivity index (χ1n) is 4.18. The van der Waals surface area contributed by atoms with Crippen LogP contribution in [0.1, 0.15) is 15.9 Å². The summed E-state index contributed by atoms with van der Waals surface area (Å²) >= 11 is 0. The van der Waals surface area contributed by atoms with E-state index in [2.05, 4.69) is 4.74 Å². The molecule has 0 unspecified atom stereocenters. The van der Waals surface area contributed by atoms with Gasteiger partial charge >= 0.3 is 18.6 Å². The van der Waals surface area contributed by atoms with E-state index in [0.29, 0.717) is 12.1 Å². The fourth-order valence-corrected chi connectivity index (χ4v) is 1.14. The number of hydrogen-bond donors (Lipinski definition) is 0. The van der Waals surface area contributed by atoms with Gasteiger partial charge in [-0.3, -0.25) is 4.79 Å². The molecule has 0 bridgehead atoms. The van der Waals surface area contributed by atoms with Crippen molar-refractivity contribution in [1.82, 2.24) is 0 Å². The van der Waals surface area contributed by atoms with Gasteiger partial charge in [-0.05, 0) is 12.1 Å². The number of hydrogen-bond acceptors (Lipinski definition) is 2. The Morgan fingerprint density at radius 2 is 1.61 bits per heavy atom. The largest absolute Gasteiger partial charge is 0.573 e. The van der Waals surface area contributed by atoms with E-state index in [1.54, 1.807) is 0 Å². The van der Waals surface area contributed by atoms with Crippen molar-refractivity contribution in [2.45, 2.75) is 12.5 Å². The highest BCUT2D eigenvalue weighted by Crippen LogP contribution is 2.40. The maximum atomic E-state index is 12.4. The van der Waals surface area contributed by atoms with Gasteiger partial charge in [0.25, 0.3) is 0 Å². The number of para-hydroxylation sites is 1. The summed E-state index contributed by atoms with van der Waals surface area (Å²) in [7, 11) is 0. The van der Waals surface area contributed by atoms with Crippen LogP contribution in [0.2, 0.25) is 0 Å². The Hall–Kier alpha value is -1.80. The quantitative estimate of drug-likeness (QED) is 0.608. The van der Waals surface area contributed by atoms with E-state index in [1.807, 2.05) is 0 Å². The van der Waals surface area contributed by atoms with E-state index in [-0.39, 0.29) is 6.07 Å². The predicted octanol–water partition coefficient (Wildman–Crippen LogP) is 3.71. The van der Waals surface area contributed by atoms with Gasteiger partial charge in [0.05, 0.1) is 11.1 Å². The van der Waals surface area contributed by atoms with Gasteiger partial charge in [-0.25, -0.2) is 0 Å². The molecule has 100 valence electrons. The summed E-state index contributed by atoms with van der Waals surface area (Å²) in [5.74, 6) is -1.90. The van der Waals surface area contributed by atoms with Gasteiger partial charge in [-0.15, -0.1) is 13.2 Å². The van der Waals surface area contributed by atoms with Crippen molar-refractivity contribution in [3.8, 4) is 5.75 Å². The number of rotatable bonds is 2. The van der Waals surface area contributed by atoms with E-state index in [0.717, 1.165) is 0 Å². The molecule has 0 heterocycles. The second-order valence-corrected chi connectivity index (χ2v) is 3.00. The van der Waals surface area contributed by atoms with Crippen LogP contribution >= 0.6 is 0 Å². The molecule has 0 amide bonds. The molecule has 2 nitrogen and oxygen atoms in total. The summed E-state index contributed by atoms with van der Waals surface area (Å²) in [5, 5.41) is 0. The van der Waals surface area contributed by atoms with Crippen LogP contribution in [0, 0.1) is 0 Å². The summed E-state index contributed by atoms with van der Waals surface area (Å²) < 4.78 is 88.4. The third kappa shape index (κ3) is 3.34. The zero-order valence-electron chi connectivity index (χ0n) is 8.19. The lowest BCUT2D eigenvalue weighted by Crippen LogP contribution is -2.21. The van der Waals surface area contributed by atoms with Crippen molar-refractivity contribution in [1.29, 1.82) is 0 Å². The first kappa shape index (κ1) is 14.3. The van der Waals surface area contributed by atoms with E-state index < -0.39 is 35.5 Å². The van der Waals surface area contributed by atoms with Crippen molar-refractivity contribution in [2.24, 2.45) is 0 Å². The molecule has 1 aromatic carbocycles. The zero-order valence-corrected chi connectivity index (χ0v) is 8.19. The first-order chi connectivity index (χ1) is 8.02. The minimum atomic E-state index is -5.48. The van der Waals surface area contributed by atoms with Crippen molar-refractivity contribution in [3.63, 3.8) is 0 Å². The van der Waals surface area contributed by atoms with Crippen LogP contribution in [0.5, 0.6) is 5.75 Å². The SMILES string of the molecule is O=C(F)c1cccc(C(F)(F)F)c1OC(F)(F)F. The van der Waals surface area contributed by atoms with Gasteiger partial charge in [0.1, 0.15) is 0 Å². The monoisotopic (exact) mass is 276 g/mol. The van der Waals surface area contributed by atoms with Gasteiger partial charge in [0.15, 0.2) is 5.75 Å². The standard InChI is InChI=1S/C9H3F7O2/c10-7(17)4-2-1-3-5(8(11,12)13)6(4)18-9(14,15)16/h1-3H. The molecular weight excluding hydrogens is 273 g/mol. The number of carbonyl (C=O) groups is 1. The molecule has 1 aromatic rings. The molecule has 0 aromatic heterocycles. The van der Waals surface area contributed by atoms with Crippen LogP contribution < -0.4 is 4.74 Å². The van der Waals surface area contributed by atoms with Gasteiger partial charge in [0, 0.05) is 0 Å². The molecule has 0 radical (unpaired) electrons. The average Bonchev–Trinajstić information content (AvgIpc) is 2.13. The summed E-state index contributed by atoms with van der Waals surface area (Å²) in [6.45, 7) is 0. The van der Waals surface area contributed by atoms with Crippen LogP contribution in [0.4, 0.5) is 30.7 Å². The number of halogens is 7. The molecule has 0 N–H and O–H groups in total. The first-order valence-corrected chi connectivity index (χ1v) is 4.18. The predicted molar refractivity (Wildman–Crippen MR) is 43.6 cm³/mol. The van der Waals surface area contributed by atoms with Crippen molar-refractivity contribution < 1.29 is 40.3 Å². The molecule has 0 fully saturated rings. The highest BCUT2D eigenvalue weighted by atomic mass is 19.4. The summed E-state index contributed by atoms with van der Waals surface area (Å²) in [6.07, 6.45) is -10.7. The van der Waals surface area contributed by atoms with Crippen LogP contribution in [0.3, 0.4) is 0 Å². The molecule has 0 aliphatic rings. The number of benzene rings is 1. The molecule has 9 heteroatoms. The second-order valence-electron chi connectivity index (χ2n) is 3.00. The fraction of sp³-hybridized carbons (Fsp3) is 0.222. The molecule has 0 saturated heterocycles. The molecule has 0 aliphatic carbocycles. The molecular formula is C9H3F7O2. The third-order valence-corrected chi connectivity index (χ3v) is 1.75. The Morgan fingerprint density at radius 1 is 1.06 bits per heavy atom. The summed E-state index contributed by atoms with van der Waals surface area (Å²) in [4.78, 5) is 10.3. The molecule has 18 heavy (non-hydrogen) atoms. The lowest BCUT2D eigenvalue weighted by atomic mass is 10.1. The topological polar surface area (TPSA) is 26.3 Å². The Balaban J connectivity index is 3.45. The highest BCUT2D eigenvalue weighted by Gasteiger charge is 2.41. The van der Waals surface area contributed by atoms with Gasteiger partial charge < -0.3 is 4.74 Å². The Morgan fingerprint density at radius 3 is 2.00 bits per heavy atom. The van der Waals surface area contributed by atoms with Gasteiger partial charge in [-0.2, -0.15) is 17.6 Å². The highest BCUT2D eigenvalue weighted by molar-refractivity contribution is 5.92. The van der Waals surface area contributed by atoms with E-state index in [9.17, 15) is 35.5 Å². The van der Waals surface area contributed by atoms with E-state index in [1.165, 1.54) is 0 Å². The van der Waals surface area contributed by atoms with Gasteiger partial charge in [-0.1, -0.05) is 6.07 Å². The van der Waals surface area contributed by atoms with E-state index >= 15 is 0 Å². The lowest BCUT2D eigenvalue weighted by molar-refractivity contribution is -0.276. The molecule has 1 rings (SSSR count). The maximum absolute atomic E-state index is 12.4. The maximum Gasteiger partial charge on any atom is 0.573 e. The number of ether oxygens (including phenoxy) is 1. The van der Waals surface area contributed by atoms with Gasteiger partial charge in [0.2, 0.25) is 0 Å². The van der Waals surface area contributed by atoms with Crippen molar-refractivity contribution in [3.05, 3.63) is 29.3 Å². The van der Waals surface area contributed by atoms with Crippen molar-refractivity contribution in [2.75, 3.05) is 0 Å². The fourth-order valence-electron chi connectivity index (χ4n) is 1.14.